The van der Waals surface area contributed by atoms with E-state index in [1.54, 1.807) is 0 Å². The van der Waals surface area contributed by atoms with Crippen LogP contribution in [0, 0.1) is 0 Å². The summed E-state index contributed by atoms with van der Waals surface area (Å²) in [6.07, 6.45) is 6.84. The number of rotatable bonds is 3. The van der Waals surface area contributed by atoms with Gasteiger partial charge in [-0.05, 0) is 68.5 Å². The molecule has 23 heavy (non-hydrogen) atoms. The van der Waals surface area contributed by atoms with Crippen LogP contribution in [0.5, 0.6) is 5.75 Å². The SMILES string of the molecule is CC(C)Oc1cc2nn(C34CCC(C)(CC3)OC4)cc2cc1Br. The van der Waals surface area contributed by atoms with E-state index in [2.05, 4.69) is 39.8 Å². The topological polar surface area (TPSA) is 36.3 Å². The zero-order valence-electron chi connectivity index (χ0n) is 13.9. The lowest BCUT2D eigenvalue weighted by Gasteiger charge is -2.51. The monoisotopic (exact) mass is 378 g/mol. The van der Waals surface area contributed by atoms with Crippen molar-refractivity contribution in [2.45, 2.75) is 63.7 Å². The summed E-state index contributed by atoms with van der Waals surface area (Å²) < 4.78 is 15.1. The van der Waals surface area contributed by atoms with Crippen LogP contribution >= 0.6 is 15.9 Å². The second kappa shape index (κ2) is 5.21. The summed E-state index contributed by atoms with van der Waals surface area (Å²) in [5.74, 6) is 0.853. The number of hydrogen-bond acceptors (Lipinski definition) is 3. The van der Waals surface area contributed by atoms with Gasteiger partial charge in [0, 0.05) is 17.6 Å². The molecule has 3 aliphatic rings. The summed E-state index contributed by atoms with van der Waals surface area (Å²) in [5.41, 5.74) is 1.11. The molecule has 2 saturated heterocycles. The second-order valence-electron chi connectivity index (χ2n) is 7.54. The Labute approximate surface area is 145 Å². The van der Waals surface area contributed by atoms with Gasteiger partial charge in [-0.3, -0.25) is 4.68 Å². The minimum absolute atomic E-state index is 0.0301. The molecular weight excluding hydrogens is 356 g/mol. The van der Waals surface area contributed by atoms with Gasteiger partial charge >= 0.3 is 0 Å². The molecule has 0 spiro atoms. The van der Waals surface area contributed by atoms with Crippen molar-refractivity contribution in [2.24, 2.45) is 0 Å². The number of fused-ring (bicyclic) bond motifs is 4. The molecule has 0 atom stereocenters. The highest BCUT2D eigenvalue weighted by molar-refractivity contribution is 9.10. The van der Waals surface area contributed by atoms with Crippen molar-refractivity contribution in [1.82, 2.24) is 9.78 Å². The van der Waals surface area contributed by atoms with Crippen molar-refractivity contribution in [1.29, 1.82) is 0 Å². The molecule has 0 unspecified atom stereocenters. The molecular formula is C18H23BrN2O2. The van der Waals surface area contributed by atoms with Gasteiger partial charge in [-0.1, -0.05) is 0 Å². The first-order valence-corrected chi connectivity index (χ1v) is 9.19. The smallest absolute Gasteiger partial charge is 0.136 e. The molecule has 1 aromatic carbocycles. The molecule has 2 bridgehead atoms. The van der Waals surface area contributed by atoms with Crippen LogP contribution in [-0.2, 0) is 10.3 Å². The fourth-order valence-corrected chi connectivity index (χ4v) is 4.20. The molecule has 0 radical (unpaired) electrons. The summed E-state index contributed by atoms with van der Waals surface area (Å²) in [6, 6.07) is 4.13. The third-order valence-corrected chi connectivity index (χ3v) is 5.95. The van der Waals surface area contributed by atoms with Gasteiger partial charge in [-0.2, -0.15) is 5.10 Å². The third-order valence-electron chi connectivity index (χ3n) is 5.33. The maximum Gasteiger partial charge on any atom is 0.136 e. The van der Waals surface area contributed by atoms with Gasteiger partial charge in [0.15, 0.2) is 0 Å². The highest BCUT2D eigenvalue weighted by atomic mass is 79.9. The standard InChI is InChI=1S/C18H23BrN2O2/c1-12(2)23-16-9-15-13(8-14(16)19)10-21(20-15)18-6-4-17(3,5-7-18)22-11-18/h8-10,12H,4-7,11H2,1-3H3. The molecule has 4 nitrogen and oxygen atoms in total. The Bertz CT molecular complexity index is 728. The van der Waals surface area contributed by atoms with Crippen molar-refractivity contribution in [3.05, 3.63) is 22.8 Å². The minimum atomic E-state index is 0.0301. The van der Waals surface area contributed by atoms with Gasteiger partial charge in [-0.15, -0.1) is 0 Å². The van der Waals surface area contributed by atoms with Crippen LogP contribution in [0.1, 0.15) is 46.5 Å². The molecule has 3 heterocycles. The van der Waals surface area contributed by atoms with Gasteiger partial charge < -0.3 is 9.47 Å². The van der Waals surface area contributed by atoms with Crippen molar-refractivity contribution >= 4 is 26.8 Å². The summed E-state index contributed by atoms with van der Waals surface area (Å²) in [4.78, 5) is 0. The van der Waals surface area contributed by atoms with E-state index in [1.807, 2.05) is 19.9 Å². The molecule has 0 N–H and O–H groups in total. The van der Waals surface area contributed by atoms with Gasteiger partial charge in [0.2, 0.25) is 0 Å². The van der Waals surface area contributed by atoms with E-state index in [1.165, 1.54) is 0 Å². The van der Waals surface area contributed by atoms with Crippen LogP contribution in [0.2, 0.25) is 0 Å². The largest absolute Gasteiger partial charge is 0.490 e. The van der Waals surface area contributed by atoms with Crippen molar-refractivity contribution in [3.63, 3.8) is 0 Å². The Balaban J connectivity index is 1.72. The molecule has 1 aromatic heterocycles. The van der Waals surface area contributed by atoms with Crippen LogP contribution in [0.15, 0.2) is 22.8 Å². The summed E-state index contributed by atoms with van der Waals surface area (Å²) >= 11 is 3.61. The van der Waals surface area contributed by atoms with Crippen LogP contribution in [0.4, 0.5) is 0 Å². The number of benzene rings is 1. The van der Waals surface area contributed by atoms with Gasteiger partial charge in [-0.25, -0.2) is 0 Å². The number of nitrogens with zero attached hydrogens (tertiary/aromatic N) is 2. The Hall–Kier alpha value is -1.07. The maximum absolute atomic E-state index is 6.12. The lowest BCUT2D eigenvalue weighted by molar-refractivity contribution is -0.169. The van der Waals surface area contributed by atoms with E-state index >= 15 is 0 Å². The first-order valence-electron chi connectivity index (χ1n) is 8.39. The normalized spacial score (nSPS) is 30.3. The van der Waals surface area contributed by atoms with E-state index in [-0.39, 0.29) is 17.2 Å². The van der Waals surface area contributed by atoms with Crippen LogP contribution in [0.3, 0.4) is 0 Å². The molecule has 1 saturated carbocycles. The highest BCUT2D eigenvalue weighted by Gasteiger charge is 2.49. The Morgan fingerprint density at radius 1 is 1.26 bits per heavy atom. The zero-order valence-corrected chi connectivity index (χ0v) is 15.5. The Morgan fingerprint density at radius 3 is 2.61 bits per heavy atom. The third kappa shape index (κ3) is 2.58. The number of ether oxygens (including phenoxy) is 2. The molecule has 3 fully saturated rings. The van der Waals surface area contributed by atoms with Gasteiger partial charge in [0.25, 0.3) is 0 Å². The lowest BCUT2D eigenvalue weighted by Crippen LogP contribution is -2.54. The summed E-state index contributed by atoms with van der Waals surface area (Å²) in [7, 11) is 0. The molecule has 124 valence electrons. The molecule has 1 aliphatic carbocycles. The molecule has 5 rings (SSSR count). The van der Waals surface area contributed by atoms with E-state index in [4.69, 9.17) is 14.6 Å². The fraction of sp³-hybridized carbons (Fsp3) is 0.611. The predicted molar refractivity (Wildman–Crippen MR) is 94.0 cm³/mol. The zero-order chi connectivity index (χ0) is 16.2. The lowest BCUT2D eigenvalue weighted by atomic mass is 9.72. The number of hydrogen-bond donors (Lipinski definition) is 0. The highest BCUT2D eigenvalue weighted by Crippen LogP contribution is 2.47. The first-order chi connectivity index (χ1) is 10.9. The van der Waals surface area contributed by atoms with Gasteiger partial charge in [0.1, 0.15) is 5.75 Å². The number of halogens is 1. The van der Waals surface area contributed by atoms with Gasteiger partial charge in [0.05, 0.1) is 33.8 Å². The summed E-state index contributed by atoms with van der Waals surface area (Å²) in [5, 5.41) is 6.01. The average Bonchev–Trinajstić information content (AvgIpc) is 2.92. The van der Waals surface area contributed by atoms with Crippen LogP contribution < -0.4 is 4.74 Å². The Morgan fingerprint density at radius 2 is 2.00 bits per heavy atom. The van der Waals surface area contributed by atoms with E-state index in [0.717, 1.165) is 53.4 Å². The van der Waals surface area contributed by atoms with Crippen LogP contribution in [-0.4, -0.2) is 28.1 Å². The molecule has 2 aromatic rings. The second-order valence-corrected chi connectivity index (χ2v) is 8.40. The Kier molecular flexibility index (Phi) is 3.50. The molecule has 2 aliphatic heterocycles. The fourth-order valence-electron chi connectivity index (χ4n) is 3.75. The molecule has 0 amide bonds. The van der Waals surface area contributed by atoms with Crippen molar-refractivity contribution in [2.75, 3.05) is 6.61 Å². The quantitative estimate of drug-likeness (QED) is 0.779. The van der Waals surface area contributed by atoms with Crippen LogP contribution in [0.25, 0.3) is 10.9 Å². The van der Waals surface area contributed by atoms with E-state index in [9.17, 15) is 0 Å². The molecule has 5 heteroatoms. The van der Waals surface area contributed by atoms with E-state index < -0.39 is 0 Å². The number of aromatic nitrogens is 2. The maximum atomic E-state index is 6.12. The average molecular weight is 379 g/mol. The first kappa shape index (κ1) is 15.5. The minimum Gasteiger partial charge on any atom is -0.490 e. The predicted octanol–water partition coefficient (Wildman–Crippen LogP) is 4.64. The summed E-state index contributed by atoms with van der Waals surface area (Å²) in [6.45, 7) is 7.08. The van der Waals surface area contributed by atoms with Crippen molar-refractivity contribution < 1.29 is 9.47 Å². The van der Waals surface area contributed by atoms with Crippen molar-refractivity contribution in [3.8, 4) is 5.75 Å². The van der Waals surface area contributed by atoms with E-state index in [0.29, 0.717) is 0 Å².